The molecular formula is C4H3ClFNS. The molecule has 1 aliphatic rings. The van der Waals surface area contributed by atoms with Crippen molar-refractivity contribution in [3.05, 3.63) is 22.5 Å². The topological polar surface area (TPSA) is 12.0 Å². The average molecular weight is 152 g/mol. The van der Waals surface area contributed by atoms with E-state index in [0.717, 1.165) is 0 Å². The van der Waals surface area contributed by atoms with Crippen LogP contribution in [0.1, 0.15) is 0 Å². The standard InChI is InChI=1S/C4H3ClFNS/c5-4-3(6)1-2-8-7-4/h1-2,7H. The second-order valence-electron chi connectivity index (χ2n) is 1.18. The highest BCUT2D eigenvalue weighted by Gasteiger charge is 2.02. The molecule has 4 heteroatoms. The maximum atomic E-state index is 12.2. The lowest BCUT2D eigenvalue weighted by Gasteiger charge is -2.03. The molecule has 1 aliphatic heterocycles. The van der Waals surface area contributed by atoms with Gasteiger partial charge < -0.3 is 4.72 Å². The van der Waals surface area contributed by atoms with Crippen LogP contribution >= 0.6 is 23.5 Å². The molecule has 0 aromatic rings. The largest absolute Gasteiger partial charge is 0.314 e. The van der Waals surface area contributed by atoms with E-state index in [9.17, 15) is 4.39 Å². The summed E-state index contributed by atoms with van der Waals surface area (Å²) in [6, 6.07) is 0. The minimum Gasteiger partial charge on any atom is -0.314 e. The summed E-state index contributed by atoms with van der Waals surface area (Å²) in [6.07, 6.45) is 1.31. The molecule has 0 aliphatic carbocycles. The molecule has 0 saturated carbocycles. The Bertz CT molecular complexity index is 154. The van der Waals surface area contributed by atoms with Gasteiger partial charge in [-0.15, -0.1) is 0 Å². The van der Waals surface area contributed by atoms with Gasteiger partial charge in [0.15, 0.2) is 5.83 Å². The fourth-order valence-corrected chi connectivity index (χ4v) is 0.955. The van der Waals surface area contributed by atoms with Gasteiger partial charge in [0.2, 0.25) is 0 Å². The molecule has 0 aromatic heterocycles. The number of rotatable bonds is 0. The van der Waals surface area contributed by atoms with E-state index in [1.807, 2.05) is 0 Å². The van der Waals surface area contributed by atoms with Crippen molar-refractivity contribution >= 4 is 23.5 Å². The fourth-order valence-electron chi connectivity index (χ4n) is 0.301. The van der Waals surface area contributed by atoms with Gasteiger partial charge in [0, 0.05) is 0 Å². The number of nitrogens with one attached hydrogen (secondary N) is 1. The van der Waals surface area contributed by atoms with Crippen molar-refractivity contribution < 1.29 is 4.39 Å². The summed E-state index contributed by atoms with van der Waals surface area (Å²) in [5, 5.41) is 1.65. The Labute approximate surface area is 55.7 Å². The van der Waals surface area contributed by atoms with Gasteiger partial charge in [-0.05, 0) is 23.4 Å². The molecule has 0 aromatic carbocycles. The minimum atomic E-state index is -0.412. The third-order valence-electron chi connectivity index (χ3n) is 0.641. The molecule has 0 radical (unpaired) electrons. The molecule has 1 N–H and O–H groups in total. The molecule has 0 amide bonds. The highest BCUT2D eigenvalue weighted by Crippen LogP contribution is 2.18. The highest BCUT2D eigenvalue weighted by atomic mass is 35.5. The van der Waals surface area contributed by atoms with E-state index in [2.05, 4.69) is 4.72 Å². The SMILES string of the molecule is FC1=C(Cl)NSC=C1. The van der Waals surface area contributed by atoms with Crippen molar-refractivity contribution in [3.63, 3.8) is 0 Å². The quantitative estimate of drug-likeness (QED) is 0.421. The van der Waals surface area contributed by atoms with Gasteiger partial charge in [0.05, 0.1) is 0 Å². The van der Waals surface area contributed by atoms with Crippen LogP contribution in [-0.2, 0) is 0 Å². The monoisotopic (exact) mass is 151 g/mol. The zero-order valence-electron chi connectivity index (χ0n) is 3.82. The van der Waals surface area contributed by atoms with E-state index >= 15 is 0 Å². The van der Waals surface area contributed by atoms with E-state index < -0.39 is 5.83 Å². The minimum absolute atomic E-state index is 0.0671. The summed E-state index contributed by atoms with van der Waals surface area (Å²) in [6.45, 7) is 0. The predicted octanol–water partition coefficient (Wildman–Crippen LogP) is 2.13. The number of allylic oxidation sites excluding steroid dienone is 2. The normalized spacial score (nSPS) is 18.8. The predicted molar refractivity (Wildman–Crippen MR) is 33.9 cm³/mol. The third kappa shape index (κ3) is 1.17. The number of halogens is 2. The Balaban J connectivity index is 2.76. The molecule has 8 heavy (non-hydrogen) atoms. The number of hydrogen-bond donors (Lipinski definition) is 1. The van der Waals surface area contributed by atoms with Crippen LogP contribution < -0.4 is 4.72 Å². The summed E-state index contributed by atoms with van der Waals surface area (Å²) in [5.41, 5.74) is 0. The Kier molecular flexibility index (Phi) is 1.81. The molecule has 1 nitrogen and oxygen atoms in total. The molecule has 0 atom stereocenters. The van der Waals surface area contributed by atoms with Gasteiger partial charge >= 0.3 is 0 Å². The Morgan fingerprint density at radius 1 is 1.75 bits per heavy atom. The van der Waals surface area contributed by atoms with Crippen LogP contribution in [0.3, 0.4) is 0 Å². The lowest BCUT2D eigenvalue weighted by molar-refractivity contribution is 0.657. The zero-order valence-corrected chi connectivity index (χ0v) is 5.39. The van der Waals surface area contributed by atoms with Crippen molar-refractivity contribution in [2.24, 2.45) is 0 Å². The summed E-state index contributed by atoms with van der Waals surface area (Å²) in [7, 11) is 0. The van der Waals surface area contributed by atoms with Gasteiger partial charge in [-0.25, -0.2) is 4.39 Å². The summed E-state index contributed by atoms with van der Waals surface area (Å²) in [5.74, 6) is -0.412. The van der Waals surface area contributed by atoms with Crippen LogP contribution in [0.25, 0.3) is 0 Å². The molecule has 0 saturated heterocycles. The van der Waals surface area contributed by atoms with Crippen molar-refractivity contribution in [2.75, 3.05) is 0 Å². The maximum absolute atomic E-state index is 12.2. The van der Waals surface area contributed by atoms with Gasteiger partial charge in [-0.1, -0.05) is 11.6 Å². The van der Waals surface area contributed by atoms with Crippen LogP contribution in [0.4, 0.5) is 4.39 Å². The molecule has 1 rings (SSSR count). The highest BCUT2D eigenvalue weighted by molar-refractivity contribution is 8.00. The Hall–Kier alpha value is -0.150. The van der Waals surface area contributed by atoms with Crippen LogP contribution in [-0.4, -0.2) is 0 Å². The average Bonchev–Trinajstić information content (AvgIpc) is 1.77. The van der Waals surface area contributed by atoms with Crippen molar-refractivity contribution in [2.45, 2.75) is 0 Å². The van der Waals surface area contributed by atoms with E-state index in [0.29, 0.717) is 0 Å². The first-order chi connectivity index (χ1) is 3.80. The molecule has 1 heterocycles. The lowest BCUT2D eigenvalue weighted by atomic mass is 10.5. The third-order valence-corrected chi connectivity index (χ3v) is 1.62. The van der Waals surface area contributed by atoms with E-state index in [1.54, 1.807) is 5.41 Å². The molecule has 0 bridgehead atoms. The van der Waals surface area contributed by atoms with E-state index in [-0.39, 0.29) is 5.16 Å². The van der Waals surface area contributed by atoms with Crippen molar-refractivity contribution in [1.29, 1.82) is 0 Å². The summed E-state index contributed by atoms with van der Waals surface area (Å²) < 4.78 is 14.7. The molecule has 0 fully saturated rings. The summed E-state index contributed by atoms with van der Waals surface area (Å²) >= 11 is 6.53. The first kappa shape index (κ1) is 5.98. The second-order valence-corrected chi connectivity index (χ2v) is 2.27. The van der Waals surface area contributed by atoms with Gasteiger partial charge in [0.25, 0.3) is 0 Å². The van der Waals surface area contributed by atoms with E-state index in [4.69, 9.17) is 11.6 Å². The molecule has 0 spiro atoms. The molecular weight excluding hydrogens is 149 g/mol. The molecule has 44 valence electrons. The van der Waals surface area contributed by atoms with Gasteiger partial charge in [0.1, 0.15) is 5.16 Å². The van der Waals surface area contributed by atoms with Crippen LogP contribution in [0, 0.1) is 0 Å². The van der Waals surface area contributed by atoms with Crippen molar-refractivity contribution in [1.82, 2.24) is 4.72 Å². The van der Waals surface area contributed by atoms with Gasteiger partial charge in [-0.3, -0.25) is 0 Å². The second kappa shape index (κ2) is 2.42. The zero-order chi connectivity index (χ0) is 5.98. The van der Waals surface area contributed by atoms with Crippen molar-refractivity contribution in [3.8, 4) is 0 Å². The smallest absolute Gasteiger partial charge is 0.159 e. The lowest BCUT2D eigenvalue weighted by Crippen LogP contribution is -1.99. The van der Waals surface area contributed by atoms with Gasteiger partial charge in [-0.2, -0.15) is 0 Å². The Morgan fingerprint density at radius 3 is 2.88 bits per heavy atom. The fraction of sp³-hybridized carbons (Fsp3) is 0. The van der Waals surface area contributed by atoms with E-state index in [1.165, 1.54) is 18.0 Å². The number of hydrogen-bond acceptors (Lipinski definition) is 2. The Morgan fingerprint density at radius 2 is 2.50 bits per heavy atom. The van der Waals surface area contributed by atoms with Crippen LogP contribution in [0.5, 0.6) is 0 Å². The first-order valence-electron chi connectivity index (χ1n) is 1.94. The van der Waals surface area contributed by atoms with Crippen LogP contribution in [0.15, 0.2) is 22.5 Å². The maximum Gasteiger partial charge on any atom is 0.159 e. The van der Waals surface area contributed by atoms with Crippen LogP contribution in [0.2, 0.25) is 0 Å². The first-order valence-corrected chi connectivity index (χ1v) is 3.20. The summed E-state index contributed by atoms with van der Waals surface area (Å²) in [4.78, 5) is 0. The molecule has 0 unspecified atom stereocenters.